The molecule has 0 fully saturated rings. The Kier molecular flexibility index (Phi) is 2.90. The predicted molar refractivity (Wildman–Crippen MR) is 91.0 cm³/mol. The maximum Gasteiger partial charge on any atom is 0.159 e. The van der Waals surface area contributed by atoms with Gasteiger partial charge in [0.2, 0.25) is 0 Å². The normalized spacial score (nSPS) is 14.5. The van der Waals surface area contributed by atoms with Gasteiger partial charge in [-0.05, 0) is 90.3 Å². The molecule has 0 atom stereocenters. The molecule has 0 saturated carbocycles. The highest BCUT2D eigenvalue weighted by Crippen LogP contribution is 2.44. The molecule has 2 aliphatic carbocycles. The lowest BCUT2D eigenvalue weighted by atomic mass is 9.74. The molecule has 0 N–H and O–H groups in total. The monoisotopic (exact) mass is 291 g/mol. The molecule has 2 aromatic carbocycles. The summed E-state index contributed by atoms with van der Waals surface area (Å²) in [5.74, 6) is 0.179. The molecular formula is C20H21NO. The van der Waals surface area contributed by atoms with E-state index in [1.807, 2.05) is 0 Å². The second-order valence-electron chi connectivity index (χ2n) is 6.76. The minimum Gasteiger partial charge on any atom is -0.378 e. The fraction of sp³-hybridized carbons (Fsp3) is 0.350. The van der Waals surface area contributed by atoms with E-state index < -0.39 is 0 Å². The second kappa shape index (κ2) is 4.70. The number of carbonyl (C=O) groups excluding carboxylic acids is 1. The number of rotatable bonds is 2. The Morgan fingerprint density at radius 1 is 0.818 bits per heavy atom. The number of nitrogens with zero attached hydrogens (tertiary/aromatic N) is 1. The van der Waals surface area contributed by atoms with Gasteiger partial charge in [-0.1, -0.05) is 0 Å². The van der Waals surface area contributed by atoms with Crippen molar-refractivity contribution in [3.63, 3.8) is 0 Å². The minimum atomic E-state index is 0.179. The quantitative estimate of drug-likeness (QED) is 0.784. The van der Waals surface area contributed by atoms with Crippen LogP contribution in [0.25, 0.3) is 11.1 Å². The van der Waals surface area contributed by atoms with Crippen LogP contribution in [-0.4, -0.2) is 19.9 Å². The molecule has 0 radical (unpaired) electrons. The van der Waals surface area contributed by atoms with Crippen LogP contribution in [0.15, 0.2) is 24.3 Å². The van der Waals surface area contributed by atoms with E-state index in [9.17, 15) is 4.79 Å². The van der Waals surface area contributed by atoms with Crippen LogP contribution in [0, 0.1) is 0 Å². The van der Waals surface area contributed by atoms with Crippen LogP contribution < -0.4 is 4.90 Å². The molecule has 4 rings (SSSR count). The van der Waals surface area contributed by atoms with E-state index in [0.717, 1.165) is 31.2 Å². The number of carbonyl (C=O) groups is 1. The van der Waals surface area contributed by atoms with Gasteiger partial charge in [0, 0.05) is 25.3 Å². The summed E-state index contributed by atoms with van der Waals surface area (Å²) in [5.41, 5.74) is 10.8. The smallest absolute Gasteiger partial charge is 0.159 e. The Morgan fingerprint density at radius 3 is 1.59 bits per heavy atom. The summed E-state index contributed by atoms with van der Waals surface area (Å²) in [6, 6.07) is 8.93. The first-order chi connectivity index (χ1) is 10.5. The van der Waals surface area contributed by atoms with Crippen molar-refractivity contribution in [2.75, 3.05) is 19.0 Å². The van der Waals surface area contributed by atoms with Crippen LogP contribution in [0.2, 0.25) is 0 Å². The van der Waals surface area contributed by atoms with Crippen molar-refractivity contribution in [2.45, 2.75) is 32.6 Å². The molecule has 2 nitrogen and oxygen atoms in total. The fourth-order valence-electron chi connectivity index (χ4n) is 3.95. The van der Waals surface area contributed by atoms with Gasteiger partial charge in [-0.25, -0.2) is 0 Å². The maximum atomic E-state index is 11.8. The first-order valence-electron chi connectivity index (χ1n) is 8.05. The van der Waals surface area contributed by atoms with E-state index in [1.54, 1.807) is 6.92 Å². The SMILES string of the molecule is CC(=O)c1cc2c3c(c1)CCc1cc(N(C)C)cc(c1-3)CC2. The summed E-state index contributed by atoms with van der Waals surface area (Å²) >= 11 is 0. The molecule has 0 amide bonds. The molecule has 0 aromatic heterocycles. The topological polar surface area (TPSA) is 20.3 Å². The Hall–Kier alpha value is -2.09. The molecule has 22 heavy (non-hydrogen) atoms. The average molecular weight is 291 g/mol. The zero-order valence-electron chi connectivity index (χ0n) is 13.5. The number of hydrogen-bond acceptors (Lipinski definition) is 2. The van der Waals surface area contributed by atoms with Gasteiger partial charge in [-0.15, -0.1) is 0 Å². The van der Waals surface area contributed by atoms with Gasteiger partial charge in [0.15, 0.2) is 5.78 Å². The van der Waals surface area contributed by atoms with Crippen LogP contribution in [0.4, 0.5) is 5.69 Å². The van der Waals surface area contributed by atoms with Gasteiger partial charge in [0.25, 0.3) is 0 Å². The lowest BCUT2D eigenvalue weighted by Gasteiger charge is -2.31. The molecular weight excluding hydrogens is 270 g/mol. The molecule has 112 valence electrons. The van der Waals surface area contributed by atoms with E-state index in [0.29, 0.717) is 0 Å². The Bertz CT molecular complexity index is 751. The van der Waals surface area contributed by atoms with E-state index >= 15 is 0 Å². The Labute approximate surface area is 131 Å². The number of ketones is 1. The van der Waals surface area contributed by atoms with E-state index in [4.69, 9.17) is 0 Å². The number of benzene rings is 2. The minimum absolute atomic E-state index is 0.179. The zero-order chi connectivity index (χ0) is 15.4. The van der Waals surface area contributed by atoms with Gasteiger partial charge in [0.1, 0.15) is 0 Å². The third kappa shape index (κ3) is 1.90. The Balaban J connectivity index is 1.98. The number of Topliss-reactive ketones (excluding diaryl/α,β-unsaturated/α-hetero) is 1. The lowest BCUT2D eigenvalue weighted by Crippen LogP contribution is -2.17. The standard InChI is InChI=1S/C20H21NO/c1-12(22)17-8-13-4-6-15-10-18(21(2)3)11-16-7-5-14(9-17)19(13)20(15)16/h8-11H,4-7H2,1-3H3. The largest absolute Gasteiger partial charge is 0.378 e. The molecule has 0 bridgehead atoms. The van der Waals surface area contributed by atoms with E-state index in [1.165, 1.54) is 39.1 Å². The highest BCUT2D eigenvalue weighted by molar-refractivity contribution is 5.96. The highest BCUT2D eigenvalue weighted by Gasteiger charge is 2.27. The molecule has 0 spiro atoms. The van der Waals surface area contributed by atoms with Gasteiger partial charge in [-0.2, -0.15) is 0 Å². The first-order valence-corrected chi connectivity index (χ1v) is 8.05. The summed E-state index contributed by atoms with van der Waals surface area (Å²) in [6.07, 6.45) is 4.26. The van der Waals surface area contributed by atoms with Crippen LogP contribution in [0.1, 0.15) is 39.5 Å². The van der Waals surface area contributed by atoms with Crippen molar-refractivity contribution in [3.05, 3.63) is 52.1 Å². The molecule has 0 unspecified atom stereocenters. The van der Waals surface area contributed by atoms with E-state index in [-0.39, 0.29) is 5.78 Å². The molecule has 0 saturated heterocycles. The highest BCUT2D eigenvalue weighted by atomic mass is 16.1. The van der Waals surface area contributed by atoms with Crippen molar-refractivity contribution in [1.29, 1.82) is 0 Å². The molecule has 0 aliphatic heterocycles. The lowest BCUT2D eigenvalue weighted by molar-refractivity contribution is 0.101. The van der Waals surface area contributed by atoms with Crippen molar-refractivity contribution in [3.8, 4) is 11.1 Å². The number of aryl methyl sites for hydroxylation is 4. The van der Waals surface area contributed by atoms with Crippen LogP contribution in [0.3, 0.4) is 0 Å². The van der Waals surface area contributed by atoms with E-state index in [2.05, 4.69) is 43.3 Å². The van der Waals surface area contributed by atoms with Crippen molar-refractivity contribution in [1.82, 2.24) is 0 Å². The maximum absolute atomic E-state index is 11.8. The van der Waals surface area contributed by atoms with Crippen molar-refractivity contribution < 1.29 is 4.79 Å². The third-order valence-corrected chi connectivity index (χ3v) is 5.09. The molecule has 2 aliphatic rings. The molecule has 0 heterocycles. The second-order valence-corrected chi connectivity index (χ2v) is 6.76. The fourth-order valence-corrected chi connectivity index (χ4v) is 3.95. The van der Waals surface area contributed by atoms with Gasteiger partial charge in [0.05, 0.1) is 0 Å². The van der Waals surface area contributed by atoms with Gasteiger partial charge in [-0.3, -0.25) is 4.79 Å². The third-order valence-electron chi connectivity index (χ3n) is 5.09. The van der Waals surface area contributed by atoms with Gasteiger partial charge >= 0.3 is 0 Å². The zero-order valence-corrected chi connectivity index (χ0v) is 13.5. The molecule has 2 heteroatoms. The summed E-state index contributed by atoms with van der Waals surface area (Å²) < 4.78 is 0. The van der Waals surface area contributed by atoms with Crippen LogP contribution >= 0.6 is 0 Å². The summed E-state index contributed by atoms with van der Waals surface area (Å²) in [6.45, 7) is 1.67. The van der Waals surface area contributed by atoms with Crippen LogP contribution in [0.5, 0.6) is 0 Å². The van der Waals surface area contributed by atoms with Crippen LogP contribution in [-0.2, 0) is 25.7 Å². The van der Waals surface area contributed by atoms with Crippen molar-refractivity contribution in [2.24, 2.45) is 0 Å². The predicted octanol–water partition coefficient (Wildman–Crippen LogP) is 3.82. The first kappa shape index (κ1) is 13.6. The number of anilines is 1. The summed E-state index contributed by atoms with van der Waals surface area (Å²) in [5, 5.41) is 0. The summed E-state index contributed by atoms with van der Waals surface area (Å²) in [7, 11) is 4.22. The van der Waals surface area contributed by atoms with Gasteiger partial charge < -0.3 is 4.90 Å². The number of hydrogen-bond donors (Lipinski definition) is 0. The average Bonchev–Trinajstić information content (AvgIpc) is 2.51. The van der Waals surface area contributed by atoms with Crippen molar-refractivity contribution >= 4 is 11.5 Å². The summed E-state index contributed by atoms with van der Waals surface area (Å²) in [4.78, 5) is 14.0. The Morgan fingerprint density at radius 2 is 1.23 bits per heavy atom. The molecule has 2 aromatic rings.